The van der Waals surface area contributed by atoms with E-state index in [1.54, 1.807) is 14.0 Å². The summed E-state index contributed by atoms with van der Waals surface area (Å²) in [5, 5.41) is 11.9. The second-order valence-electron chi connectivity index (χ2n) is 3.07. The summed E-state index contributed by atoms with van der Waals surface area (Å²) in [6.45, 7) is 1.91. The molecule has 0 saturated carbocycles. The number of esters is 1. The number of ether oxygens (including phenoxy) is 1. The van der Waals surface area contributed by atoms with Gasteiger partial charge in [0.1, 0.15) is 5.75 Å². The van der Waals surface area contributed by atoms with E-state index in [-0.39, 0.29) is 13.2 Å². The van der Waals surface area contributed by atoms with Gasteiger partial charge in [0.15, 0.2) is 9.84 Å². The molecule has 0 aromatic carbocycles. The van der Waals surface area contributed by atoms with Crippen molar-refractivity contribution in [3.05, 3.63) is 0 Å². The molecule has 15 heavy (non-hydrogen) atoms. The van der Waals surface area contributed by atoms with Crippen LogP contribution in [-0.4, -0.2) is 57.3 Å². The monoisotopic (exact) mass is 239 g/mol. The Morgan fingerprint density at radius 3 is 2.60 bits per heavy atom. The molecule has 1 unspecified atom stereocenters. The van der Waals surface area contributed by atoms with E-state index in [1.165, 1.54) is 0 Å². The smallest absolute Gasteiger partial charge is 0.321 e. The standard InChI is InChI=1S/C8H17NO5S/c1-3-14-8(11)6-15(12,13)5-7(10)4-9-2/h7,9-10H,3-6H2,1-2H3. The molecule has 2 N–H and O–H groups in total. The highest BCUT2D eigenvalue weighted by Gasteiger charge is 2.21. The number of carbonyl (C=O) groups excluding carboxylic acids is 1. The first kappa shape index (κ1) is 14.3. The SMILES string of the molecule is CCOC(=O)CS(=O)(=O)CC(O)CNC. The normalized spacial score (nSPS) is 13.5. The van der Waals surface area contributed by atoms with Crippen LogP contribution in [0.1, 0.15) is 6.92 Å². The third-order valence-electron chi connectivity index (χ3n) is 1.53. The number of rotatable bonds is 7. The van der Waals surface area contributed by atoms with Crippen LogP contribution in [0.4, 0.5) is 0 Å². The fourth-order valence-electron chi connectivity index (χ4n) is 1.03. The molecule has 0 aliphatic carbocycles. The average molecular weight is 239 g/mol. The van der Waals surface area contributed by atoms with Gasteiger partial charge in [-0.3, -0.25) is 4.79 Å². The van der Waals surface area contributed by atoms with Gasteiger partial charge in [-0.05, 0) is 14.0 Å². The van der Waals surface area contributed by atoms with Crippen molar-refractivity contribution in [2.24, 2.45) is 0 Å². The maximum Gasteiger partial charge on any atom is 0.321 e. The molecule has 7 heteroatoms. The predicted octanol–water partition coefficient (Wildman–Crippen LogP) is -1.46. The van der Waals surface area contributed by atoms with Crippen molar-refractivity contribution in [2.75, 3.05) is 31.7 Å². The number of hydrogen-bond donors (Lipinski definition) is 2. The molecule has 0 aromatic heterocycles. The Labute approximate surface area is 89.5 Å². The van der Waals surface area contributed by atoms with Gasteiger partial charge in [0.2, 0.25) is 0 Å². The van der Waals surface area contributed by atoms with Crippen LogP contribution in [0.25, 0.3) is 0 Å². The Morgan fingerprint density at radius 1 is 1.53 bits per heavy atom. The van der Waals surface area contributed by atoms with Gasteiger partial charge in [-0.15, -0.1) is 0 Å². The second kappa shape index (κ2) is 6.76. The Kier molecular flexibility index (Phi) is 6.46. The van der Waals surface area contributed by atoms with E-state index in [0.717, 1.165) is 0 Å². The fourth-order valence-corrected chi connectivity index (χ4v) is 2.29. The molecule has 0 fully saturated rings. The summed E-state index contributed by atoms with van der Waals surface area (Å²) in [7, 11) is -1.99. The van der Waals surface area contributed by atoms with Crippen molar-refractivity contribution in [3.63, 3.8) is 0 Å². The first-order valence-electron chi connectivity index (χ1n) is 4.60. The maximum atomic E-state index is 11.3. The summed E-state index contributed by atoms with van der Waals surface area (Å²) >= 11 is 0. The highest BCUT2D eigenvalue weighted by Crippen LogP contribution is 1.96. The first-order chi connectivity index (χ1) is 6.91. The number of aliphatic hydroxyl groups excluding tert-OH is 1. The molecule has 0 spiro atoms. The number of aliphatic hydroxyl groups is 1. The lowest BCUT2D eigenvalue weighted by Crippen LogP contribution is -2.33. The number of carbonyl (C=O) groups is 1. The lowest BCUT2D eigenvalue weighted by Gasteiger charge is -2.09. The molecule has 0 radical (unpaired) electrons. The van der Waals surface area contributed by atoms with Crippen LogP contribution in [0.15, 0.2) is 0 Å². The molecule has 0 aliphatic rings. The summed E-state index contributed by atoms with van der Waals surface area (Å²) < 4.78 is 27.1. The van der Waals surface area contributed by atoms with E-state index < -0.39 is 33.4 Å². The zero-order chi connectivity index (χ0) is 11.9. The van der Waals surface area contributed by atoms with Crippen molar-refractivity contribution in [3.8, 4) is 0 Å². The zero-order valence-corrected chi connectivity index (χ0v) is 9.71. The van der Waals surface area contributed by atoms with Gasteiger partial charge in [0, 0.05) is 6.54 Å². The minimum atomic E-state index is -3.59. The Balaban J connectivity index is 4.13. The molecule has 0 amide bonds. The summed E-state index contributed by atoms with van der Waals surface area (Å²) in [5.74, 6) is -1.90. The quantitative estimate of drug-likeness (QED) is 0.528. The Morgan fingerprint density at radius 2 is 2.13 bits per heavy atom. The van der Waals surface area contributed by atoms with Crippen LogP contribution in [0.2, 0.25) is 0 Å². The fraction of sp³-hybridized carbons (Fsp3) is 0.875. The molecule has 1 atom stereocenters. The predicted molar refractivity (Wildman–Crippen MR) is 55.2 cm³/mol. The lowest BCUT2D eigenvalue weighted by molar-refractivity contribution is -0.139. The van der Waals surface area contributed by atoms with Gasteiger partial charge in [0.25, 0.3) is 0 Å². The molecule has 0 aromatic rings. The Hall–Kier alpha value is -0.660. The molecule has 0 rings (SSSR count). The van der Waals surface area contributed by atoms with Crippen LogP contribution in [0.3, 0.4) is 0 Å². The second-order valence-corrected chi connectivity index (χ2v) is 5.18. The van der Waals surface area contributed by atoms with Crippen LogP contribution in [-0.2, 0) is 19.4 Å². The van der Waals surface area contributed by atoms with Crippen LogP contribution in [0.5, 0.6) is 0 Å². The largest absolute Gasteiger partial charge is 0.465 e. The van der Waals surface area contributed by atoms with Gasteiger partial charge >= 0.3 is 5.97 Å². The van der Waals surface area contributed by atoms with Gasteiger partial charge in [0.05, 0.1) is 18.5 Å². The minimum Gasteiger partial charge on any atom is -0.465 e. The van der Waals surface area contributed by atoms with Gasteiger partial charge < -0.3 is 15.2 Å². The highest BCUT2D eigenvalue weighted by atomic mass is 32.2. The van der Waals surface area contributed by atoms with Crippen LogP contribution >= 0.6 is 0 Å². The highest BCUT2D eigenvalue weighted by molar-refractivity contribution is 7.92. The Bertz CT molecular complexity index is 287. The van der Waals surface area contributed by atoms with E-state index in [4.69, 9.17) is 0 Å². The number of likely N-dealkylation sites (N-methyl/N-ethyl adjacent to an activating group) is 1. The van der Waals surface area contributed by atoms with Crippen molar-refractivity contribution in [2.45, 2.75) is 13.0 Å². The summed E-state index contributed by atoms with van der Waals surface area (Å²) in [5.41, 5.74) is 0. The first-order valence-corrected chi connectivity index (χ1v) is 6.42. The van der Waals surface area contributed by atoms with Gasteiger partial charge in [-0.25, -0.2) is 8.42 Å². The van der Waals surface area contributed by atoms with Gasteiger partial charge in [-0.1, -0.05) is 0 Å². The van der Waals surface area contributed by atoms with Crippen molar-refractivity contribution in [1.82, 2.24) is 5.32 Å². The molecular weight excluding hydrogens is 222 g/mol. The summed E-state index contributed by atoms with van der Waals surface area (Å²) in [6.07, 6.45) is -1.01. The third-order valence-corrected chi connectivity index (χ3v) is 3.10. The van der Waals surface area contributed by atoms with E-state index in [0.29, 0.717) is 0 Å². The molecule has 0 aliphatic heterocycles. The van der Waals surface area contributed by atoms with Crippen molar-refractivity contribution in [1.29, 1.82) is 0 Å². The molecule has 0 saturated heterocycles. The third kappa shape index (κ3) is 7.29. The number of hydrogen-bond acceptors (Lipinski definition) is 6. The minimum absolute atomic E-state index is 0.146. The molecule has 6 nitrogen and oxygen atoms in total. The number of nitrogens with one attached hydrogen (secondary N) is 1. The summed E-state index contributed by atoms with van der Waals surface area (Å²) in [6, 6.07) is 0. The average Bonchev–Trinajstić information content (AvgIpc) is 2.01. The maximum absolute atomic E-state index is 11.3. The van der Waals surface area contributed by atoms with E-state index in [2.05, 4.69) is 10.1 Å². The van der Waals surface area contributed by atoms with E-state index >= 15 is 0 Å². The van der Waals surface area contributed by atoms with Crippen molar-refractivity contribution < 1.29 is 23.1 Å². The molecule has 0 heterocycles. The van der Waals surface area contributed by atoms with E-state index in [9.17, 15) is 18.3 Å². The topological polar surface area (TPSA) is 92.7 Å². The van der Waals surface area contributed by atoms with E-state index in [1.807, 2.05) is 0 Å². The molecule has 90 valence electrons. The molecular formula is C8H17NO5S. The molecule has 0 bridgehead atoms. The zero-order valence-electron chi connectivity index (χ0n) is 8.89. The van der Waals surface area contributed by atoms with Gasteiger partial charge in [-0.2, -0.15) is 0 Å². The summed E-state index contributed by atoms with van der Waals surface area (Å²) in [4.78, 5) is 10.9. The van der Waals surface area contributed by atoms with Crippen LogP contribution in [0, 0.1) is 0 Å². The lowest BCUT2D eigenvalue weighted by atomic mass is 10.4. The van der Waals surface area contributed by atoms with Crippen LogP contribution < -0.4 is 5.32 Å². The number of sulfone groups is 1. The van der Waals surface area contributed by atoms with Crippen molar-refractivity contribution >= 4 is 15.8 Å².